The van der Waals surface area contributed by atoms with E-state index in [2.05, 4.69) is 29.1 Å². The molecule has 3 N–H and O–H groups in total. The highest BCUT2D eigenvalue weighted by atomic mass is 32.1. The quantitative estimate of drug-likeness (QED) is 0.561. The van der Waals surface area contributed by atoms with Crippen LogP contribution in [0.5, 0.6) is 0 Å². The molecule has 1 saturated heterocycles. The molecule has 2 amide bonds. The fourth-order valence-corrected chi connectivity index (χ4v) is 6.11. The Kier molecular flexibility index (Phi) is 8.22. The summed E-state index contributed by atoms with van der Waals surface area (Å²) in [6.45, 7) is 14.6. The minimum absolute atomic E-state index is 0.164. The van der Waals surface area contributed by atoms with E-state index in [1.807, 2.05) is 26.3 Å². The molecule has 8 heteroatoms. The summed E-state index contributed by atoms with van der Waals surface area (Å²) in [5.74, 6) is 0.796. The molecule has 184 valence electrons. The predicted octanol–water partition coefficient (Wildman–Crippen LogP) is 3.34. The van der Waals surface area contributed by atoms with E-state index in [1.54, 1.807) is 16.2 Å². The zero-order valence-electron chi connectivity index (χ0n) is 20.7. The number of hydrogen-bond donors (Lipinski definition) is 3. The summed E-state index contributed by atoms with van der Waals surface area (Å²) in [7, 11) is 0. The average Bonchev–Trinajstić information content (AvgIpc) is 3.35. The van der Waals surface area contributed by atoms with E-state index in [1.165, 1.54) is 30.3 Å². The molecule has 2 aliphatic rings. The van der Waals surface area contributed by atoms with Crippen molar-refractivity contribution in [3.05, 3.63) is 28.4 Å². The number of hydrogen-bond acceptors (Lipinski definition) is 6. The Hall–Kier alpha value is -1.93. The SMILES string of the molecule is C=C(NC[C@H]1CC[C@@H](c2scnc2C)CC1)[C@@H]1C[C@@H](O)CN1C(=O)[C@@H](NC(C)=O)C(C)(C)C. The number of carbonyl (C=O) groups excluding carboxylic acids is 2. The van der Waals surface area contributed by atoms with Gasteiger partial charge in [-0.2, -0.15) is 0 Å². The second-order valence-electron chi connectivity index (χ2n) is 10.8. The highest BCUT2D eigenvalue weighted by Crippen LogP contribution is 2.38. The van der Waals surface area contributed by atoms with Gasteiger partial charge in [0.2, 0.25) is 11.8 Å². The second-order valence-corrected chi connectivity index (χ2v) is 11.7. The van der Waals surface area contributed by atoms with Crippen molar-refractivity contribution in [2.75, 3.05) is 13.1 Å². The van der Waals surface area contributed by atoms with Crippen LogP contribution in [0.2, 0.25) is 0 Å². The van der Waals surface area contributed by atoms with Crippen LogP contribution in [0.4, 0.5) is 0 Å². The maximum Gasteiger partial charge on any atom is 0.246 e. The Balaban J connectivity index is 1.56. The Morgan fingerprint density at radius 2 is 1.97 bits per heavy atom. The first kappa shape index (κ1) is 25.7. The van der Waals surface area contributed by atoms with Gasteiger partial charge >= 0.3 is 0 Å². The van der Waals surface area contributed by atoms with Crippen molar-refractivity contribution in [1.29, 1.82) is 0 Å². The minimum Gasteiger partial charge on any atom is -0.391 e. The van der Waals surface area contributed by atoms with Crippen LogP contribution in [0, 0.1) is 18.3 Å². The number of nitrogens with one attached hydrogen (secondary N) is 2. The van der Waals surface area contributed by atoms with Crippen LogP contribution >= 0.6 is 11.3 Å². The number of rotatable bonds is 7. The van der Waals surface area contributed by atoms with Gasteiger partial charge < -0.3 is 20.6 Å². The van der Waals surface area contributed by atoms with E-state index in [4.69, 9.17) is 0 Å². The maximum atomic E-state index is 13.4. The normalized spacial score (nSPS) is 26.7. The van der Waals surface area contributed by atoms with Gasteiger partial charge in [-0.1, -0.05) is 27.4 Å². The van der Waals surface area contributed by atoms with E-state index in [0.717, 1.165) is 25.1 Å². The number of aromatic nitrogens is 1. The highest BCUT2D eigenvalue weighted by molar-refractivity contribution is 7.09. The second kappa shape index (κ2) is 10.6. The number of nitrogens with zero attached hydrogens (tertiary/aromatic N) is 2. The van der Waals surface area contributed by atoms with E-state index >= 15 is 0 Å². The Labute approximate surface area is 202 Å². The van der Waals surface area contributed by atoms with Crippen LogP contribution in [0.25, 0.3) is 0 Å². The van der Waals surface area contributed by atoms with Crippen molar-refractivity contribution in [1.82, 2.24) is 20.5 Å². The third-order valence-electron chi connectivity index (χ3n) is 7.04. The average molecular weight is 477 g/mol. The molecular weight excluding hydrogens is 436 g/mol. The zero-order chi connectivity index (χ0) is 24.3. The van der Waals surface area contributed by atoms with E-state index in [-0.39, 0.29) is 24.4 Å². The smallest absolute Gasteiger partial charge is 0.246 e. The van der Waals surface area contributed by atoms with Crippen LogP contribution in [-0.2, 0) is 9.59 Å². The van der Waals surface area contributed by atoms with Crippen molar-refractivity contribution < 1.29 is 14.7 Å². The molecule has 0 spiro atoms. The molecule has 3 rings (SSSR count). The molecular formula is C25H40N4O3S. The van der Waals surface area contributed by atoms with Crippen LogP contribution in [-0.4, -0.2) is 58.1 Å². The topological polar surface area (TPSA) is 94.6 Å². The number of amides is 2. The number of β-amino-alcohol motifs (C(OH)–C–C–N with tert-alkyl or cyclic N) is 1. The van der Waals surface area contributed by atoms with Gasteiger partial charge in [0, 0.05) is 37.0 Å². The number of thiazole rings is 1. The summed E-state index contributed by atoms with van der Waals surface area (Å²) in [5, 5.41) is 16.6. The number of aryl methyl sites for hydroxylation is 1. The molecule has 0 radical (unpaired) electrons. The van der Waals surface area contributed by atoms with Gasteiger partial charge in [0.1, 0.15) is 6.04 Å². The minimum atomic E-state index is -0.652. The van der Waals surface area contributed by atoms with Gasteiger partial charge in [0.15, 0.2) is 0 Å². The zero-order valence-corrected chi connectivity index (χ0v) is 21.5. The lowest BCUT2D eigenvalue weighted by atomic mass is 9.81. The summed E-state index contributed by atoms with van der Waals surface area (Å²) in [6.07, 6.45) is 4.55. The number of carbonyl (C=O) groups is 2. The van der Waals surface area contributed by atoms with Crippen molar-refractivity contribution in [3.63, 3.8) is 0 Å². The number of likely N-dealkylation sites (tertiary alicyclic amines) is 1. The number of aliphatic hydroxyl groups is 1. The molecule has 1 aliphatic carbocycles. The summed E-state index contributed by atoms with van der Waals surface area (Å²) in [4.78, 5) is 32.7. The van der Waals surface area contributed by atoms with Gasteiger partial charge in [-0.15, -0.1) is 11.3 Å². The highest BCUT2D eigenvalue weighted by Gasteiger charge is 2.42. The van der Waals surface area contributed by atoms with Gasteiger partial charge in [0.05, 0.1) is 23.4 Å². The Bertz CT molecular complexity index is 854. The molecule has 1 aromatic heterocycles. The van der Waals surface area contributed by atoms with Crippen LogP contribution in [0.3, 0.4) is 0 Å². The van der Waals surface area contributed by atoms with Crippen molar-refractivity contribution in [3.8, 4) is 0 Å². The summed E-state index contributed by atoms with van der Waals surface area (Å²) < 4.78 is 0. The molecule has 0 aromatic carbocycles. The first-order chi connectivity index (χ1) is 15.5. The number of aliphatic hydroxyl groups excluding tert-OH is 1. The largest absolute Gasteiger partial charge is 0.391 e. The maximum absolute atomic E-state index is 13.4. The standard InChI is InChI=1S/C25H40N4O3S/c1-15(26-12-18-7-9-19(10-8-18)22-16(2)27-14-33-22)21-11-20(31)13-29(21)24(32)23(25(4,5)6)28-17(3)30/h14,18-21,23,26,31H,1,7-13H2,2-6H3,(H,28,30)/t18-,19+,20-,21+,23-/m1/s1. The first-order valence-corrected chi connectivity index (χ1v) is 12.9. The molecule has 2 fully saturated rings. The van der Waals surface area contributed by atoms with Gasteiger partial charge in [-0.05, 0) is 49.9 Å². The van der Waals surface area contributed by atoms with E-state index < -0.39 is 17.6 Å². The van der Waals surface area contributed by atoms with Crippen LogP contribution in [0.15, 0.2) is 17.8 Å². The van der Waals surface area contributed by atoms with Gasteiger partial charge in [0.25, 0.3) is 0 Å². The fourth-order valence-electron chi connectivity index (χ4n) is 5.13. The third kappa shape index (κ3) is 6.35. The van der Waals surface area contributed by atoms with E-state index in [9.17, 15) is 14.7 Å². The van der Waals surface area contributed by atoms with Crippen molar-refractivity contribution in [2.45, 2.75) is 90.8 Å². The molecule has 0 bridgehead atoms. The Morgan fingerprint density at radius 3 is 2.52 bits per heavy atom. The van der Waals surface area contributed by atoms with Gasteiger partial charge in [-0.3, -0.25) is 9.59 Å². The van der Waals surface area contributed by atoms with Crippen LogP contribution in [0.1, 0.15) is 76.3 Å². The van der Waals surface area contributed by atoms with Crippen molar-refractivity contribution in [2.24, 2.45) is 11.3 Å². The third-order valence-corrected chi connectivity index (χ3v) is 8.14. The summed E-state index contributed by atoms with van der Waals surface area (Å²) in [6, 6.07) is -0.927. The first-order valence-electron chi connectivity index (χ1n) is 12.1. The molecule has 0 unspecified atom stereocenters. The molecule has 7 nitrogen and oxygen atoms in total. The predicted molar refractivity (Wildman–Crippen MR) is 132 cm³/mol. The molecule has 1 saturated carbocycles. The van der Waals surface area contributed by atoms with Crippen molar-refractivity contribution >= 4 is 23.2 Å². The Morgan fingerprint density at radius 1 is 1.30 bits per heavy atom. The lowest BCUT2D eigenvalue weighted by molar-refractivity contribution is -0.139. The molecule has 1 aromatic rings. The van der Waals surface area contributed by atoms with E-state index in [0.29, 0.717) is 18.3 Å². The van der Waals surface area contributed by atoms with Gasteiger partial charge in [-0.25, -0.2) is 4.98 Å². The fraction of sp³-hybridized carbons (Fsp3) is 0.720. The molecule has 2 heterocycles. The monoisotopic (exact) mass is 476 g/mol. The summed E-state index contributed by atoms with van der Waals surface area (Å²) >= 11 is 1.77. The lowest BCUT2D eigenvalue weighted by Crippen LogP contribution is -2.56. The molecule has 1 aliphatic heterocycles. The lowest BCUT2D eigenvalue weighted by Gasteiger charge is -2.36. The summed E-state index contributed by atoms with van der Waals surface area (Å²) in [5.41, 5.74) is 3.45. The molecule has 3 atom stereocenters. The molecule has 33 heavy (non-hydrogen) atoms. The van der Waals surface area contributed by atoms with Crippen LogP contribution < -0.4 is 10.6 Å².